The van der Waals surface area contributed by atoms with Crippen molar-refractivity contribution in [3.8, 4) is 0 Å². The van der Waals surface area contributed by atoms with Crippen LogP contribution in [0.25, 0.3) is 0 Å². The highest BCUT2D eigenvalue weighted by molar-refractivity contribution is 8.30. The van der Waals surface area contributed by atoms with Crippen molar-refractivity contribution < 1.29 is 12.8 Å². The highest BCUT2D eigenvalue weighted by Crippen LogP contribution is 2.22. The van der Waals surface area contributed by atoms with E-state index < -0.39 is 14.6 Å². The van der Waals surface area contributed by atoms with E-state index in [1.165, 1.54) is 6.07 Å². The molecule has 0 aromatic heterocycles. The lowest BCUT2D eigenvalue weighted by molar-refractivity contribution is 0.267. The van der Waals surface area contributed by atoms with Gasteiger partial charge in [-0.3, -0.25) is 4.18 Å². The molecule has 0 aliphatic heterocycles. The maximum atomic E-state index is 13.5. The number of halogens is 1. The Bertz CT molecular complexity index is 432. The molecule has 84 valence electrons. The van der Waals surface area contributed by atoms with E-state index in [1.807, 2.05) is 0 Å². The molecule has 0 spiro atoms. The SMILES string of the molecule is Cc1cccc(F)c1S(=O)(=S)OC(C)C. The van der Waals surface area contributed by atoms with E-state index in [9.17, 15) is 8.60 Å². The molecule has 0 aliphatic carbocycles. The molecule has 0 N–H and O–H groups in total. The van der Waals surface area contributed by atoms with Gasteiger partial charge in [-0.15, -0.1) is 0 Å². The van der Waals surface area contributed by atoms with Gasteiger partial charge < -0.3 is 0 Å². The number of aryl methyl sites for hydroxylation is 1. The summed E-state index contributed by atoms with van der Waals surface area (Å²) in [7, 11) is -3.16. The van der Waals surface area contributed by atoms with Crippen LogP contribution in [0.1, 0.15) is 19.4 Å². The summed E-state index contributed by atoms with van der Waals surface area (Å²) in [6.45, 7) is 5.08. The largest absolute Gasteiger partial charge is 0.284 e. The fourth-order valence-electron chi connectivity index (χ4n) is 1.23. The van der Waals surface area contributed by atoms with Crippen LogP contribution in [0.5, 0.6) is 0 Å². The Kier molecular flexibility index (Phi) is 3.81. The van der Waals surface area contributed by atoms with Gasteiger partial charge in [0.1, 0.15) is 10.7 Å². The number of benzene rings is 1. The van der Waals surface area contributed by atoms with E-state index in [4.69, 9.17) is 15.4 Å². The van der Waals surface area contributed by atoms with Crippen LogP contribution in [-0.2, 0) is 24.1 Å². The Morgan fingerprint density at radius 3 is 2.53 bits per heavy atom. The molecule has 5 heteroatoms. The van der Waals surface area contributed by atoms with Crippen LogP contribution >= 0.6 is 0 Å². The van der Waals surface area contributed by atoms with Crippen LogP contribution in [0, 0.1) is 12.7 Å². The first-order chi connectivity index (χ1) is 6.84. The monoisotopic (exact) mass is 248 g/mol. The molecule has 0 heterocycles. The number of hydrogen-bond acceptors (Lipinski definition) is 3. The van der Waals surface area contributed by atoms with Gasteiger partial charge in [0.2, 0.25) is 0 Å². The minimum atomic E-state index is -3.16. The molecule has 1 aromatic carbocycles. The molecule has 1 rings (SSSR count). The van der Waals surface area contributed by atoms with Gasteiger partial charge in [0.25, 0.3) is 0 Å². The van der Waals surface area contributed by atoms with E-state index in [1.54, 1.807) is 32.9 Å². The quantitative estimate of drug-likeness (QED) is 0.822. The van der Waals surface area contributed by atoms with Crippen molar-refractivity contribution in [1.29, 1.82) is 0 Å². The standard InChI is InChI=1S/C10H13FO2S2/c1-7(2)13-15(12,14)10-8(3)5-4-6-9(10)11/h4-7H,1-3H3. The first-order valence-electron chi connectivity index (χ1n) is 4.53. The first kappa shape index (κ1) is 12.5. The maximum Gasteiger partial charge on any atom is 0.176 e. The first-order valence-corrected chi connectivity index (χ1v) is 6.94. The van der Waals surface area contributed by atoms with Crippen molar-refractivity contribution in [3.63, 3.8) is 0 Å². The zero-order chi connectivity index (χ0) is 11.6. The summed E-state index contributed by atoms with van der Waals surface area (Å²) in [4.78, 5) is -0.00583. The molecule has 0 radical (unpaired) electrons. The predicted octanol–water partition coefficient (Wildman–Crippen LogP) is 2.58. The maximum absolute atomic E-state index is 13.5. The van der Waals surface area contributed by atoms with Crippen LogP contribution in [0.2, 0.25) is 0 Å². The van der Waals surface area contributed by atoms with Crippen molar-refractivity contribution >= 4 is 20.0 Å². The van der Waals surface area contributed by atoms with Gasteiger partial charge in [-0.2, -0.15) is 0 Å². The van der Waals surface area contributed by atoms with Crippen LogP contribution < -0.4 is 0 Å². The fourth-order valence-corrected chi connectivity index (χ4v) is 3.71. The molecule has 0 aliphatic rings. The second-order valence-corrected chi connectivity index (χ2v) is 6.31. The van der Waals surface area contributed by atoms with Gasteiger partial charge in [-0.05, 0) is 32.4 Å². The smallest absolute Gasteiger partial charge is 0.176 e. The third kappa shape index (κ3) is 2.96. The molecule has 15 heavy (non-hydrogen) atoms. The molecule has 0 bridgehead atoms. The van der Waals surface area contributed by atoms with Crippen molar-refractivity contribution in [1.82, 2.24) is 0 Å². The molecule has 2 nitrogen and oxygen atoms in total. The average Bonchev–Trinajstić information content (AvgIpc) is 1.99. The van der Waals surface area contributed by atoms with Crippen molar-refractivity contribution in [3.05, 3.63) is 29.6 Å². The molecule has 0 saturated heterocycles. The van der Waals surface area contributed by atoms with Crippen LogP contribution in [0.3, 0.4) is 0 Å². The molecule has 1 aromatic rings. The highest BCUT2D eigenvalue weighted by atomic mass is 32.8. The second kappa shape index (κ2) is 4.55. The summed E-state index contributed by atoms with van der Waals surface area (Å²) in [5, 5.41) is 0. The molecule has 0 saturated carbocycles. The Labute approximate surface area is 94.3 Å². The fraction of sp³-hybridized carbons (Fsp3) is 0.400. The van der Waals surface area contributed by atoms with E-state index in [0.29, 0.717) is 5.56 Å². The zero-order valence-electron chi connectivity index (χ0n) is 8.82. The number of rotatable bonds is 3. The lowest BCUT2D eigenvalue weighted by Gasteiger charge is -2.13. The van der Waals surface area contributed by atoms with E-state index >= 15 is 0 Å². The number of hydrogen-bond donors (Lipinski definition) is 0. The van der Waals surface area contributed by atoms with E-state index in [2.05, 4.69) is 0 Å². The van der Waals surface area contributed by atoms with Crippen molar-refractivity contribution in [2.45, 2.75) is 31.8 Å². The Balaban J connectivity index is 3.27. The minimum absolute atomic E-state index is 0.00583. The van der Waals surface area contributed by atoms with Gasteiger partial charge in [-0.1, -0.05) is 12.1 Å². The minimum Gasteiger partial charge on any atom is -0.284 e. The Hall–Kier alpha value is -0.520. The summed E-state index contributed by atoms with van der Waals surface area (Å²) in [5.74, 6) is -0.573. The highest BCUT2D eigenvalue weighted by Gasteiger charge is 2.19. The molecular weight excluding hydrogens is 235 g/mol. The molecule has 0 fully saturated rings. The molecule has 1 unspecified atom stereocenters. The summed E-state index contributed by atoms with van der Waals surface area (Å²) in [6.07, 6.45) is -0.297. The molecule has 0 amide bonds. The van der Waals surface area contributed by atoms with Gasteiger partial charge in [0.05, 0.1) is 6.10 Å². The predicted molar refractivity (Wildman–Crippen MR) is 61.1 cm³/mol. The van der Waals surface area contributed by atoms with Crippen LogP contribution in [-0.4, -0.2) is 10.3 Å². The van der Waals surface area contributed by atoms with Crippen molar-refractivity contribution in [2.24, 2.45) is 0 Å². The van der Waals surface area contributed by atoms with Gasteiger partial charge in [0.15, 0.2) is 8.77 Å². The lowest BCUT2D eigenvalue weighted by atomic mass is 10.2. The second-order valence-electron chi connectivity index (χ2n) is 3.48. The Morgan fingerprint density at radius 1 is 1.47 bits per heavy atom. The van der Waals surface area contributed by atoms with Crippen molar-refractivity contribution in [2.75, 3.05) is 0 Å². The summed E-state index contributed by atoms with van der Waals surface area (Å²) in [6, 6.07) is 4.44. The normalized spacial score (nSPS) is 15.3. The summed E-state index contributed by atoms with van der Waals surface area (Å²) in [5.41, 5.74) is 0.552. The van der Waals surface area contributed by atoms with Gasteiger partial charge in [0, 0.05) is 11.2 Å². The third-order valence-electron chi connectivity index (χ3n) is 1.73. The lowest BCUT2D eigenvalue weighted by Crippen LogP contribution is -2.14. The molecular formula is C10H13FO2S2. The van der Waals surface area contributed by atoms with Gasteiger partial charge in [-0.25, -0.2) is 8.60 Å². The van der Waals surface area contributed by atoms with E-state index in [0.717, 1.165) is 0 Å². The molecule has 1 atom stereocenters. The van der Waals surface area contributed by atoms with Crippen LogP contribution in [0.15, 0.2) is 23.1 Å². The zero-order valence-corrected chi connectivity index (χ0v) is 10.5. The summed E-state index contributed by atoms with van der Waals surface area (Å²) >= 11 is 4.83. The van der Waals surface area contributed by atoms with Crippen LogP contribution in [0.4, 0.5) is 4.39 Å². The third-order valence-corrected chi connectivity index (χ3v) is 4.12. The topological polar surface area (TPSA) is 26.3 Å². The summed E-state index contributed by atoms with van der Waals surface area (Å²) < 4.78 is 30.6. The average molecular weight is 248 g/mol. The Morgan fingerprint density at radius 2 is 2.07 bits per heavy atom. The van der Waals surface area contributed by atoms with E-state index in [-0.39, 0.29) is 11.0 Å². The van der Waals surface area contributed by atoms with Gasteiger partial charge >= 0.3 is 0 Å².